The van der Waals surface area contributed by atoms with Crippen molar-refractivity contribution in [2.24, 2.45) is 16.8 Å². The van der Waals surface area contributed by atoms with Crippen molar-refractivity contribution in [2.75, 3.05) is 13.6 Å². The summed E-state index contributed by atoms with van der Waals surface area (Å²) >= 11 is 0. The summed E-state index contributed by atoms with van der Waals surface area (Å²) in [5.41, 5.74) is 0. The van der Waals surface area contributed by atoms with Crippen molar-refractivity contribution in [3.8, 4) is 0 Å². The van der Waals surface area contributed by atoms with E-state index in [0.29, 0.717) is 18.3 Å². The second-order valence-corrected chi connectivity index (χ2v) is 6.01. The SMILES string of the molecule is CN=C(NCCC1CCCC(C)C1)NCc1nc(C)no1. The van der Waals surface area contributed by atoms with Crippen LogP contribution in [-0.4, -0.2) is 29.7 Å². The van der Waals surface area contributed by atoms with Crippen LogP contribution in [0.3, 0.4) is 0 Å². The number of aryl methyl sites for hydroxylation is 1. The Labute approximate surface area is 126 Å². The Hall–Kier alpha value is -1.59. The third-order valence-corrected chi connectivity index (χ3v) is 4.09. The molecule has 1 fully saturated rings. The molecule has 1 aromatic heterocycles. The number of hydrogen-bond donors (Lipinski definition) is 2. The zero-order valence-electron chi connectivity index (χ0n) is 13.4. The molecule has 0 spiro atoms. The van der Waals surface area contributed by atoms with Crippen LogP contribution >= 0.6 is 0 Å². The van der Waals surface area contributed by atoms with Crippen molar-refractivity contribution < 1.29 is 4.52 Å². The van der Waals surface area contributed by atoms with E-state index < -0.39 is 0 Å². The van der Waals surface area contributed by atoms with E-state index >= 15 is 0 Å². The number of guanidine groups is 1. The number of hydrogen-bond acceptors (Lipinski definition) is 4. The van der Waals surface area contributed by atoms with Gasteiger partial charge >= 0.3 is 0 Å². The Bertz CT molecular complexity index is 457. The fourth-order valence-corrected chi connectivity index (χ4v) is 3.01. The summed E-state index contributed by atoms with van der Waals surface area (Å²) in [5, 5.41) is 10.3. The highest BCUT2D eigenvalue weighted by Gasteiger charge is 2.18. The van der Waals surface area contributed by atoms with Crippen LogP contribution in [0.4, 0.5) is 0 Å². The van der Waals surface area contributed by atoms with E-state index in [9.17, 15) is 0 Å². The van der Waals surface area contributed by atoms with Crippen LogP contribution in [0.15, 0.2) is 9.52 Å². The van der Waals surface area contributed by atoms with Crippen molar-refractivity contribution in [3.63, 3.8) is 0 Å². The highest BCUT2D eigenvalue weighted by molar-refractivity contribution is 5.79. The molecule has 2 unspecified atom stereocenters. The van der Waals surface area contributed by atoms with Gasteiger partial charge in [-0.2, -0.15) is 4.98 Å². The molecule has 1 aliphatic rings. The molecule has 1 aliphatic carbocycles. The standard InChI is InChI=1S/C15H27N5O/c1-11-5-4-6-13(9-11)7-8-17-15(16-3)18-10-14-19-12(2)20-21-14/h11,13H,4-10H2,1-3H3,(H2,16,17,18). The van der Waals surface area contributed by atoms with Gasteiger partial charge in [0, 0.05) is 13.6 Å². The van der Waals surface area contributed by atoms with Crippen LogP contribution in [0.2, 0.25) is 0 Å². The smallest absolute Gasteiger partial charge is 0.246 e. The van der Waals surface area contributed by atoms with Crippen LogP contribution in [0.1, 0.15) is 50.7 Å². The summed E-state index contributed by atoms with van der Waals surface area (Å²) in [6.45, 7) is 5.64. The van der Waals surface area contributed by atoms with Crippen LogP contribution in [0.5, 0.6) is 0 Å². The van der Waals surface area contributed by atoms with Gasteiger partial charge in [0.2, 0.25) is 5.89 Å². The molecule has 2 rings (SSSR count). The summed E-state index contributed by atoms with van der Waals surface area (Å²) in [4.78, 5) is 8.37. The Morgan fingerprint density at radius 3 is 2.90 bits per heavy atom. The number of aliphatic imine (C=N–C) groups is 1. The van der Waals surface area contributed by atoms with E-state index in [-0.39, 0.29) is 0 Å². The largest absolute Gasteiger partial charge is 0.356 e. The Morgan fingerprint density at radius 1 is 1.38 bits per heavy atom. The van der Waals surface area contributed by atoms with E-state index in [1.165, 1.54) is 32.1 Å². The summed E-state index contributed by atoms with van der Waals surface area (Å²) < 4.78 is 5.06. The lowest BCUT2D eigenvalue weighted by atomic mass is 9.81. The zero-order valence-corrected chi connectivity index (χ0v) is 13.4. The molecular weight excluding hydrogens is 266 g/mol. The maximum atomic E-state index is 5.06. The lowest BCUT2D eigenvalue weighted by molar-refractivity contribution is 0.270. The first-order valence-corrected chi connectivity index (χ1v) is 7.91. The average Bonchev–Trinajstić information content (AvgIpc) is 2.88. The molecule has 0 saturated heterocycles. The Kier molecular flexibility index (Phi) is 6.02. The quantitative estimate of drug-likeness (QED) is 0.643. The number of rotatable bonds is 5. The van der Waals surface area contributed by atoms with Gasteiger partial charge in [0.15, 0.2) is 11.8 Å². The molecule has 6 nitrogen and oxygen atoms in total. The fourth-order valence-electron chi connectivity index (χ4n) is 3.01. The third kappa shape index (κ3) is 5.36. The monoisotopic (exact) mass is 293 g/mol. The molecular formula is C15H27N5O. The minimum absolute atomic E-state index is 0.501. The maximum Gasteiger partial charge on any atom is 0.246 e. The maximum absolute atomic E-state index is 5.06. The normalized spacial score (nSPS) is 23.1. The molecule has 0 bridgehead atoms. The summed E-state index contributed by atoms with van der Waals surface area (Å²) in [6, 6.07) is 0. The summed E-state index contributed by atoms with van der Waals surface area (Å²) in [7, 11) is 1.77. The minimum atomic E-state index is 0.501. The molecule has 6 heteroatoms. The van der Waals surface area contributed by atoms with Crippen molar-refractivity contribution in [1.82, 2.24) is 20.8 Å². The predicted octanol–water partition coefficient (Wildman–Crippen LogP) is 2.26. The second-order valence-electron chi connectivity index (χ2n) is 6.01. The highest BCUT2D eigenvalue weighted by Crippen LogP contribution is 2.30. The molecule has 0 aliphatic heterocycles. The van der Waals surface area contributed by atoms with Crippen molar-refractivity contribution in [3.05, 3.63) is 11.7 Å². The van der Waals surface area contributed by atoms with Crippen molar-refractivity contribution in [2.45, 2.75) is 52.5 Å². The molecule has 1 aromatic rings. The average molecular weight is 293 g/mol. The first-order valence-electron chi connectivity index (χ1n) is 7.91. The van der Waals surface area contributed by atoms with Crippen molar-refractivity contribution in [1.29, 1.82) is 0 Å². The van der Waals surface area contributed by atoms with Gasteiger partial charge < -0.3 is 15.2 Å². The van der Waals surface area contributed by atoms with Gasteiger partial charge in [0.05, 0.1) is 6.54 Å². The number of nitrogens with zero attached hydrogens (tertiary/aromatic N) is 3. The van der Waals surface area contributed by atoms with Gasteiger partial charge in [-0.3, -0.25) is 4.99 Å². The van der Waals surface area contributed by atoms with Crippen molar-refractivity contribution >= 4 is 5.96 Å². The molecule has 1 saturated carbocycles. The molecule has 2 atom stereocenters. The van der Waals surface area contributed by atoms with Gasteiger partial charge in [-0.05, 0) is 31.6 Å². The predicted molar refractivity (Wildman–Crippen MR) is 83.0 cm³/mol. The summed E-state index contributed by atoms with van der Waals surface area (Å²) in [5.74, 6) is 3.77. The zero-order chi connectivity index (χ0) is 15.1. The Morgan fingerprint density at radius 2 is 2.24 bits per heavy atom. The van der Waals surface area contributed by atoms with Gasteiger partial charge in [-0.25, -0.2) is 0 Å². The van der Waals surface area contributed by atoms with E-state index in [2.05, 4.69) is 32.7 Å². The topological polar surface area (TPSA) is 75.3 Å². The van der Waals surface area contributed by atoms with Crippen LogP contribution in [0.25, 0.3) is 0 Å². The van der Waals surface area contributed by atoms with Gasteiger partial charge in [-0.1, -0.05) is 31.3 Å². The molecule has 2 N–H and O–H groups in total. The summed E-state index contributed by atoms with van der Waals surface area (Å²) in [6.07, 6.45) is 6.74. The van der Waals surface area contributed by atoms with E-state index in [4.69, 9.17) is 4.52 Å². The second kappa shape index (κ2) is 8.00. The fraction of sp³-hybridized carbons (Fsp3) is 0.800. The van der Waals surface area contributed by atoms with E-state index in [1.807, 2.05) is 6.92 Å². The molecule has 1 heterocycles. The highest BCUT2D eigenvalue weighted by atomic mass is 16.5. The van der Waals surface area contributed by atoms with Gasteiger partial charge in [0.1, 0.15) is 0 Å². The van der Waals surface area contributed by atoms with E-state index in [1.54, 1.807) is 7.05 Å². The molecule has 21 heavy (non-hydrogen) atoms. The van der Waals surface area contributed by atoms with Crippen LogP contribution in [-0.2, 0) is 6.54 Å². The lowest BCUT2D eigenvalue weighted by Crippen LogP contribution is -2.38. The molecule has 0 aromatic carbocycles. The Balaban J connectivity index is 1.65. The van der Waals surface area contributed by atoms with E-state index in [0.717, 1.165) is 24.3 Å². The molecule has 0 amide bonds. The molecule has 118 valence electrons. The lowest BCUT2D eigenvalue weighted by Gasteiger charge is -2.26. The first kappa shape index (κ1) is 15.8. The molecule has 0 radical (unpaired) electrons. The van der Waals surface area contributed by atoms with Gasteiger partial charge in [0.25, 0.3) is 0 Å². The van der Waals surface area contributed by atoms with Crippen LogP contribution < -0.4 is 10.6 Å². The first-order chi connectivity index (χ1) is 10.2. The third-order valence-electron chi connectivity index (χ3n) is 4.09. The van der Waals surface area contributed by atoms with Gasteiger partial charge in [-0.15, -0.1) is 0 Å². The minimum Gasteiger partial charge on any atom is -0.356 e. The number of aromatic nitrogens is 2. The van der Waals surface area contributed by atoms with Crippen LogP contribution in [0, 0.1) is 18.8 Å². The number of nitrogens with one attached hydrogen (secondary N) is 2.